The fourth-order valence-corrected chi connectivity index (χ4v) is 4.48. The van der Waals surface area contributed by atoms with Gasteiger partial charge in [-0.1, -0.05) is 23.2 Å². The first kappa shape index (κ1) is 23.6. The van der Waals surface area contributed by atoms with E-state index < -0.39 is 41.0 Å². The van der Waals surface area contributed by atoms with Crippen LogP contribution in [0.15, 0.2) is 52.9 Å². The second-order valence-corrected chi connectivity index (χ2v) is 9.32. The van der Waals surface area contributed by atoms with Gasteiger partial charge in [0, 0.05) is 27.7 Å². The first-order valence-corrected chi connectivity index (χ1v) is 11.2. The van der Waals surface area contributed by atoms with Crippen LogP contribution in [0, 0.1) is 0 Å². The van der Waals surface area contributed by atoms with Crippen LogP contribution in [0.1, 0.15) is 5.56 Å². The molecule has 168 valence electrons. The third kappa shape index (κ3) is 5.39. The van der Waals surface area contributed by atoms with E-state index in [0.717, 1.165) is 0 Å². The second kappa shape index (κ2) is 9.60. The standard InChI is InChI=1S/C20H16Cl2N2O7S/c21-14-1-4-16(5-2-14)32(29,30)24-10-18(25)23-9-13(20(24)28)7-12-8-15(22)3-6-17(12)31-11-19(26)27/h1-8H,9-11H2,(H,23,25)(H,26,27)/b13-7+. The molecule has 1 saturated heterocycles. The quantitative estimate of drug-likeness (QED) is 0.583. The van der Waals surface area contributed by atoms with Crippen molar-refractivity contribution in [3.05, 3.63) is 63.6 Å². The lowest BCUT2D eigenvalue weighted by Crippen LogP contribution is -2.40. The number of carbonyl (C=O) groups excluding carboxylic acids is 2. The summed E-state index contributed by atoms with van der Waals surface area (Å²) < 4.78 is 31.8. The van der Waals surface area contributed by atoms with Gasteiger partial charge in [-0.25, -0.2) is 17.5 Å². The van der Waals surface area contributed by atoms with Crippen LogP contribution in [-0.2, 0) is 24.4 Å². The zero-order valence-corrected chi connectivity index (χ0v) is 18.6. The molecule has 0 saturated carbocycles. The number of carboxylic acid groups (broad SMARTS) is 1. The van der Waals surface area contributed by atoms with Crippen LogP contribution in [-0.4, -0.2) is 55.3 Å². The van der Waals surface area contributed by atoms with E-state index in [4.69, 9.17) is 33.0 Å². The summed E-state index contributed by atoms with van der Waals surface area (Å²) >= 11 is 11.8. The summed E-state index contributed by atoms with van der Waals surface area (Å²) in [7, 11) is -4.36. The molecule has 0 radical (unpaired) electrons. The highest BCUT2D eigenvalue weighted by Crippen LogP contribution is 2.27. The highest BCUT2D eigenvalue weighted by Gasteiger charge is 2.35. The normalized spacial score (nSPS) is 15.9. The lowest BCUT2D eigenvalue weighted by Gasteiger charge is -2.20. The van der Waals surface area contributed by atoms with Crippen molar-refractivity contribution in [2.75, 3.05) is 19.7 Å². The van der Waals surface area contributed by atoms with E-state index in [-0.39, 0.29) is 33.3 Å². The number of halogens is 2. The molecule has 1 aliphatic rings. The molecule has 1 fully saturated rings. The predicted molar refractivity (Wildman–Crippen MR) is 116 cm³/mol. The molecule has 2 aromatic carbocycles. The molecule has 0 aromatic heterocycles. The van der Waals surface area contributed by atoms with Crippen LogP contribution >= 0.6 is 23.2 Å². The third-order valence-corrected chi connectivity index (χ3v) is 6.55. The van der Waals surface area contributed by atoms with Crippen molar-refractivity contribution in [3.8, 4) is 5.75 Å². The number of carbonyl (C=O) groups is 3. The summed E-state index contributed by atoms with van der Waals surface area (Å²) in [6, 6.07) is 9.47. The minimum Gasteiger partial charge on any atom is -0.481 e. The Morgan fingerprint density at radius 3 is 2.44 bits per heavy atom. The summed E-state index contributed by atoms with van der Waals surface area (Å²) in [5.74, 6) is -2.70. The van der Waals surface area contributed by atoms with Crippen molar-refractivity contribution in [2.24, 2.45) is 0 Å². The number of rotatable bonds is 6. The zero-order chi connectivity index (χ0) is 23.5. The van der Waals surface area contributed by atoms with Gasteiger partial charge >= 0.3 is 5.97 Å². The molecule has 9 nitrogen and oxygen atoms in total. The molecule has 1 aliphatic heterocycles. The average Bonchev–Trinajstić information content (AvgIpc) is 2.87. The molecule has 0 atom stereocenters. The Hall–Kier alpha value is -3.08. The number of benzene rings is 2. The predicted octanol–water partition coefficient (Wildman–Crippen LogP) is 2.19. The molecule has 2 aromatic rings. The molecule has 1 heterocycles. The van der Waals surface area contributed by atoms with E-state index >= 15 is 0 Å². The number of nitrogens with one attached hydrogen (secondary N) is 1. The van der Waals surface area contributed by atoms with E-state index in [2.05, 4.69) is 5.32 Å². The maximum Gasteiger partial charge on any atom is 0.341 e. The Labute approximate surface area is 193 Å². The van der Waals surface area contributed by atoms with Gasteiger partial charge in [0.05, 0.1) is 4.90 Å². The Balaban J connectivity index is 2.03. The topological polar surface area (TPSA) is 130 Å². The van der Waals surface area contributed by atoms with Crippen molar-refractivity contribution >= 4 is 57.1 Å². The Morgan fingerprint density at radius 2 is 1.78 bits per heavy atom. The molecule has 0 bridgehead atoms. The summed E-state index contributed by atoms with van der Waals surface area (Å²) in [6.07, 6.45) is 1.29. The molecule has 0 spiro atoms. The maximum absolute atomic E-state index is 13.1. The van der Waals surface area contributed by atoms with Crippen LogP contribution < -0.4 is 10.1 Å². The van der Waals surface area contributed by atoms with Gasteiger partial charge in [0.15, 0.2) is 6.61 Å². The minimum absolute atomic E-state index is 0.0733. The SMILES string of the molecule is O=C(O)COc1ccc(Cl)cc1/C=C1\CNC(=O)CN(S(=O)(=O)c2ccc(Cl)cc2)C1=O. The first-order chi connectivity index (χ1) is 15.1. The van der Waals surface area contributed by atoms with Crippen molar-refractivity contribution < 1.29 is 32.6 Å². The van der Waals surface area contributed by atoms with Gasteiger partial charge < -0.3 is 15.2 Å². The average molecular weight is 499 g/mol. The number of hydrogen-bond donors (Lipinski definition) is 2. The van der Waals surface area contributed by atoms with Gasteiger partial charge in [-0.3, -0.25) is 9.59 Å². The van der Waals surface area contributed by atoms with Gasteiger partial charge in [-0.2, -0.15) is 0 Å². The van der Waals surface area contributed by atoms with Gasteiger partial charge in [-0.15, -0.1) is 0 Å². The zero-order valence-electron chi connectivity index (χ0n) is 16.2. The Bertz CT molecular complexity index is 1210. The van der Waals surface area contributed by atoms with Crippen LogP contribution in [0.3, 0.4) is 0 Å². The van der Waals surface area contributed by atoms with E-state index in [1.165, 1.54) is 48.5 Å². The molecule has 3 rings (SSSR count). The summed E-state index contributed by atoms with van der Waals surface area (Å²) in [5.41, 5.74) is 0.165. The fraction of sp³-hybridized carbons (Fsp3) is 0.150. The minimum atomic E-state index is -4.36. The monoisotopic (exact) mass is 498 g/mol. The molecule has 0 aliphatic carbocycles. The number of sulfonamides is 1. The Morgan fingerprint density at radius 1 is 1.12 bits per heavy atom. The largest absolute Gasteiger partial charge is 0.481 e. The number of nitrogens with zero attached hydrogens (tertiary/aromatic N) is 1. The smallest absolute Gasteiger partial charge is 0.341 e. The van der Waals surface area contributed by atoms with Crippen molar-refractivity contribution in [1.29, 1.82) is 0 Å². The fourth-order valence-electron chi connectivity index (χ4n) is 2.82. The summed E-state index contributed by atoms with van der Waals surface area (Å²) in [5, 5.41) is 11.9. The van der Waals surface area contributed by atoms with Crippen LogP contribution in [0.2, 0.25) is 10.0 Å². The number of aliphatic carboxylic acids is 1. The maximum atomic E-state index is 13.1. The Kier molecular flexibility index (Phi) is 7.07. The van der Waals surface area contributed by atoms with Crippen molar-refractivity contribution in [1.82, 2.24) is 9.62 Å². The number of amides is 2. The van der Waals surface area contributed by atoms with Gasteiger partial charge in [0.1, 0.15) is 12.3 Å². The highest BCUT2D eigenvalue weighted by molar-refractivity contribution is 7.89. The third-order valence-electron chi connectivity index (χ3n) is 4.32. The summed E-state index contributed by atoms with van der Waals surface area (Å²) in [6.45, 7) is -1.60. The van der Waals surface area contributed by atoms with Gasteiger partial charge in [0.2, 0.25) is 5.91 Å². The van der Waals surface area contributed by atoms with E-state index in [9.17, 15) is 22.8 Å². The van der Waals surface area contributed by atoms with Crippen molar-refractivity contribution in [3.63, 3.8) is 0 Å². The number of hydrogen-bond acceptors (Lipinski definition) is 6. The molecule has 12 heteroatoms. The number of carboxylic acids is 1. The molecule has 0 unspecified atom stereocenters. The van der Waals surface area contributed by atoms with Gasteiger partial charge in [-0.05, 0) is 48.5 Å². The molecular weight excluding hydrogens is 483 g/mol. The molecule has 2 amide bonds. The van der Waals surface area contributed by atoms with E-state index in [1.807, 2.05) is 0 Å². The number of ether oxygens (including phenoxy) is 1. The molecule has 32 heavy (non-hydrogen) atoms. The van der Waals surface area contributed by atoms with Crippen LogP contribution in [0.5, 0.6) is 5.75 Å². The second-order valence-electron chi connectivity index (χ2n) is 6.58. The molecular formula is C20H16Cl2N2O7S. The first-order valence-electron chi connectivity index (χ1n) is 9.02. The van der Waals surface area contributed by atoms with Crippen molar-refractivity contribution in [2.45, 2.75) is 4.90 Å². The highest BCUT2D eigenvalue weighted by atomic mass is 35.5. The lowest BCUT2D eigenvalue weighted by atomic mass is 10.1. The van der Waals surface area contributed by atoms with Crippen LogP contribution in [0.25, 0.3) is 6.08 Å². The lowest BCUT2D eigenvalue weighted by molar-refractivity contribution is -0.139. The summed E-state index contributed by atoms with van der Waals surface area (Å²) in [4.78, 5) is 35.9. The van der Waals surface area contributed by atoms with Crippen LogP contribution in [0.4, 0.5) is 0 Å². The van der Waals surface area contributed by atoms with E-state index in [1.54, 1.807) is 0 Å². The molecule has 2 N–H and O–H groups in total. The van der Waals surface area contributed by atoms with E-state index in [0.29, 0.717) is 9.33 Å². The van der Waals surface area contributed by atoms with Gasteiger partial charge in [0.25, 0.3) is 15.9 Å².